The summed E-state index contributed by atoms with van der Waals surface area (Å²) in [6.45, 7) is 4.90. The van der Waals surface area contributed by atoms with Crippen molar-refractivity contribution in [2.75, 3.05) is 0 Å². The molecular weight excluding hydrogens is 549 g/mol. The number of aliphatic hydroxyl groups is 1. The highest BCUT2D eigenvalue weighted by atomic mass is 19.1. The van der Waals surface area contributed by atoms with Crippen LogP contribution in [0.25, 0.3) is 27.5 Å². The van der Waals surface area contributed by atoms with E-state index in [0.29, 0.717) is 44.9 Å². The summed E-state index contributed by atoms with van der Waals surface area (Å²) >= 11 is 0. The van der Waals surface area contributed by atoms with Crippen LogP contribution < -0.4 is 17.0 Å². The second-order valence-corrected chi connectivity index (χ2v) is 11.3. The van der Waals surface area contributed by atoms with E-state index in [2.05, 4.69) is 9.97 Å². The van der Waals surface area contributed by atoms with Gasteiger partial charge in [0, 0.05) is 28.6 Å². The molecule has 1 aliphatic rings. The number of alkyl halides is 1. The molecule has 6 rings (SSSR count). The van der Waals surface area contributed by atoms with Crippen LogP contribution in [0.4, 0.5) is 13.2 Å². The first-order valence-corrected chi connectivity index (χ1v) is 13.3. The van der Waals surface area contributed by atoms with Crippen LogP contribution in [0.15, 0.2) is 58.1 Å². The fourth-order valence-electron chi connectivity index (χ4n) is 6.18. The number of H-pyrrole nitrogens is 2. The Morgan fingerprint density at radius 3 is 2.50 bits per heavy atom. The largest absolute Gasteiger partial charge is 0.386 e. The fraction of sp³-hybridized carbons (Fsp3) is 0.258. The molecule has 3 atom stereocenters. The Balaban J connectivity index is 1.60. The number of nitrogens with zero attached hydrogens (tertiary/aromatic N) is 1. The third-order valence-electron chi connectivity index (χ3n) is 8.25. The molecule has 0 aliphatic heterocycles. The first-order chi connectivity index (χ1) is 19.8. The fourth-order valence-corrected chi connectivity index (χ4v) is 6.18. The van der Waals surface area contributed by atoms with Gasteiger partial charge in [0.25, 0.3) is 5.56 Å². The van der Waals surface area contributed by atoms with Gasteiger partial charge < -0.3 is 20.8 Å². The van der Waals surface area contributed by atoms with Crippen molar-refractivity contribution >= 4 is 27.7 Å². The molecule has 2 aromatic heterocycles. The second kappa shape index (κ2) is 9.45. The highest BCUT2D eigenvalue weighted by molar-refractivity contribution is 5.91. The summed E-state index contributed by atoms with van der Waals surface area (Å²) in [5.74, 6) is -4.59. The van der Waals surface area contributed by atoms with Crippen molar-refractivity contribution in [3.63, 3.8) is 0 Å². The number of halogens is 3. The van der Waals surface area contributed by atoms with Gasteiger partial charge in [-0.15, -0.1) is 0 Å². The number of nitrogens with two attached hydrogens (primary N) is 1. The Bertz CT molecular complexity index is 2050. The first kappa shape index (κ1) is 27.5. The van der Waals surface area contributed by atoms with Gasteiger partial charge in [-0.2, -0.15) is 0 Å². The second-order valence-electron chi connectivity index (χ2n) is 11.3. The number of hydrogen-bond donors (Lipinski definition) is 4. The smallest absolute Gasteiger partial charge is 0.333 e. The van der Waals surface area contributed by atoms with E-state index in [-0.39, 0.29) is 17.5 Å². The van der Waals surface area contributed by atoms with E-state index >= 15 is 4.39 Å². The summed E-state index contributed by atoms with van der Waals surface area (Å²) in [4.78, 5) is 44.4. The SMILES string of the molecule is Cc1c(C2c3c([nH]c4cc(C(C)(C)O)ccc34)[C@@H](C(N)=O)CC2F)cccc1-n1c(=O)[nH]c2c(F)cc(F)cc2c1=O. The normalized spacial score (nSPS) is 18.9. The number of aromatic nitrogens is 3. The van der Waals surface area contributed by atoms with Crippen LogP contribution in [-0.2, 0) is 10.4 Å². The molecule has 0 spiro atoms. The third-order valence-corrected chi connectivity index (χ3v) is 8.25. The minimum absolute atomic E-state index is 0.111. The van der Waals surface area contributed by atoms with E-state index in [9.17, 15) is 28.3 Å². The number of aromatic amines is 2. The zero-order chi connectivity index (χ0) is 30.2. The monoisotopic (exact) mass is 576 g/mol. The molecule has 0 bridgehead atoms. The highest BCUT2D eigenvalue weighted by Crippen LogP contribution is 2.48. The summed E-state index contributed by atoms with van der Waals surface area (Å²) in [7, 11) is 0. The van der Waals surface area contributed by atoms with Crippen LogP contribution in [0.1, 0.15) is 60.1 Å². The van der Waals surface area contributed by atoms with Crippen molar-refractivity contribution in [2.24, 2.45) is 5.73 Å². The zero-order valence-electron chi connectivity index (χ0n) is 22.9. The van der Waals surface area contributed by atoms with Crippen molar-refractivity contribution < 1.29 is 23.1 Å². The van der Waals surface area contributed by atoms with Crippen LogP contribution in [0.3, 0.4) is 0 Å². The molecular formula is C31H27F3N4O4. The maximum Gasteiger partial charge on any atom is 0.333 e. The van der Waals surface area contributed by atoms with E-state index in [0.717, 1.165) is 10.6 Å². The Labute approximate surface area is 236 Å². The summed E-state index contributed by atoms with van der Waals surface area (Å²) in [6, 6.07) is 11.4. The lowest BCUT2D eigenvalue weighted by atomic mass is 9.73. The Kier molecular flexibility index (Phi) is 6.19. The third kappa shape index (κ3) is 4.14. The number of amides is 1. The van der Waals surface area contributed by atoms with Crippen molar-refractivity contribution in [1.82, 2.24) is 14.5 Å². The average Bonchev–Trinajstić information content (AvgIpc) is 3.28. The lowest BCUT2D eigenvalue weighted by Gasteiger charge is -2.32. The van der Waals surface area contributed by atoms with Crippen LogP contribution in [-0.4, -0.2) is 31.7 Å². The average molecular weight is 577 g/mol. The van der Waals surface area contributed by atoms with E-state index in [1.54, 1.807) is 51.1 Å². The van der Waals surface area contributed by atoms with E-state index in [4.69, 9.17) is 5.73 Å². The minimum Gasteiger partial charge on any atom is -0.386 e. The van der Waals surface area contributed by atoms with Gasteiger partial charge in [-0.3, -0.25) is 9.59 Å². The minimum atomic E-state index is -1.56. The van der Waals surface area contributed by atoms with Gasteiger partial charge in [0.15, 0.2) is 5.82 Å². The van der Waals surface area contributed by atoms with Gasteiger partial charge >= 0.3 is 5.69 Å². The van der Waals surface area contributed by atoms with Gasteiger partial charge in [-0.05, 0) is 67.6 Å². The zero-order valence-corrected chi connectivity index (χ0v) is 22.9. The number of carbonyl (C=O) groups is 1. The van der Waals surface area contributed by atoms with Crippen molar-refractivity contribution in [3.05, 3.63) is 109 Å². The summed E-state index contributed by atoms with van der Waals surface area (Å²) in [5.41, 5.74) is 5.36. The summed E-state index contributed by atoms with van der Waals surface area (Å²) in [6.07, 6.45) is -1.76. The molecule has 0 fully saturated rings. The molecule has 1 amide bonds. The lowest BCUT2D eigenvalue weighted by Crippen LogP contribution is -2.35. The van der Waals surface area contributed by atoms with Gasteiger partial charge in [-0.25, -0.2) is 22.5 Å². The Hall–Kier alpha value is -4.64. The maximum atomic E-state index is 16.2. The van der Waals surface area contributed by atoms with Crippen LogP contribution in [0.2, 0.25) is 0 Å². The molecule has 3 aromatic carbocycles. The first-order valence-electron chi connectivity index (χ1n) is 13.3. The Morgan fingerprint density at radius 1 is 1.07 bits per heavy atom. The van der Waals surface area contributed by atoms with Gasteiger partial charge in [0.1, 0.15) is 12.0 Å². The van der Waals surface area contributed by atoms with Crippen molar-refractivity contribution in [3.8, 4) is 5.69 Å². The maximum absolute atomic E-state index is 16.2. The highest BCUT2D eigenvalue weighted by Gasteiger charge is 2.42. The molecule has 11 heteroatoms. The van der Waals surface area contributed by atoms with Gasteiger partial charge in [-0.1, -0.05) is 24.3 Å². The van der Waals surface area contributed by atoms with E-state index in [1.165, 1.54) is 6.07 Å². The number of rotatable bonds is 4. The number of primary amides is 1. The molecule has 5 N–H and O–H groups in total. The predicted molar refractivity (Wildman–Crippen MR) is 152 cm³/mol. The van der Waals surface area contributed by atoms with E-state index < -0.39 is 57.9 Å². The lowest BCUT2D eigenvalue weighted by molar-refractivity contribution is -0.120. The summed E-state index contributed by atoms with van der Waals surface area (Å²) in [5, 5.41) is 10.8. The number of benzene rings is 3. The van der Waals surface area contributed by atoms with E-state index in [1.807, 2.05) is 0 Å². The van der Waals surface area contributed by atoms with Crippen LogP contribution in [0, 0.1) is 18.6 Å². The molecule has 2 unspecified atom stereocenters. The van der Waals surface area contributed by atoms with Crippen molar-refractivity contribution in [1.29, 1.82) is 0 Å². The molecule has 5 aromatic rings. The quantitative estimate of drug-likeness (QED) is 0.252. The van der Waals surface area contributed by atoms with Crippen LogP contribution >= 0.6 is 0 Å². The van der Waals surface area contributed by atoms with Gasteiger partial charge in [0.05, 0.1) is 28.1 Å². The molecule has 8 nitrogen and oxygen atoms in total. The topological polar surface area (TPSA) is 134 Å². The molecule has 0 saturated heterocycles. The molecule has 0 saturated carbocycles. The number of hydrogen-bond acceptors (Lipinski definition) is 4. The predicted octanol–water partition coefficient (Wildman–Crippen LogP) is 4.42. The molecule has 42 heavy (non-hydrogen) atoms. The standard InChI is InChI=1S/C31H27F3N4O4/c1-13-16(5-4-6-23(13)38-29(40)19-10-15(32)11-21(34)26(19)37-30(38)41)24-20(33)12-18(28(35)39)27-25(24)17-8-7-14(31(2,3)42)9-22(17)36-27/h4-11,18,20,24,36,42H,12H2,1-3H3,(H2,35,39)(H,37,41)/t18-,20?,24?/m0/s1. The summed E-state index contributed by atoms with van der Waals surface area (Å²) < 4.78 is 45.3. The molecule has 2 heterocycles. The number of carbonyl (C=O) groups excluding carboxylic acids is 1. The number of nitrogens with one attached hydrogen (secondary N) is 2. The Morgan fingerprint density at radius 2 is 1.81 bits per heavy atom. The van der Waals surface area contributed by atoms with Gasteiger partial charge in [0.2, 0.25) is 5.91 Å². The van der Waals surface area contributed by atoms with Crippen molar-refractivity contribution in [2.45, 2.75) is 50.8 Å². The van der Waals surface area contributed by atoms with Crippen LogP contribution in [0.5, 0.6) is 0 Å². The molecule has 1 aliphatic carbocycles. The molecule has 216 valence electrons. The number of fused-ring (bicyclic) bond motifs is 4. The molecule has 0 radical (unpaired) electrons.